The number of halogens is 4. The van der Waals surface area contributed by atoms with Gasteiger partial charge in [-0.25, -0.2) is 0 Å². The first-order valence-corrected chi connectivity index (χ1v) is 29.4. The molecule has 0 heterocycles. The average Bonchev–Trinajstić information content (AvgIpc) is 1.74. The molecule has 7 nitrogen and oxygen atoms in total. The molecule has 80 heavy (non-hydrogen) atoms. The Kier molecular flexibility index (Phi) is 13.5. The molecule has 7 aliphatic rings. The largest absolute Gasteiger partial charge is 0.298 e. The van der Waals surface area contributed by atoms with E-state index in [1.807, 2.05) is 154 Å². The Labute approximate surface area is 498 Å². The zero-order valence-corrected chi connectivity index (χ0v) is 50.8. The highest BCUT2D eigenvalue weighted by molar-refractivity contribution is 9.12. The molecule has 0 N–H and O–H groups in total. The summed E-state index contributed by atoms with van der Waals surface area (Å²) in [4.78, 5) is 92.8. The van der Waals surface area contributed by atoms with E-state index in [9.17, 15) is 28.8 Å². The topological polar surface area (TPSA) is 119 Å². The zero-order chi connectivity index (χ0) is 57.1. The maximum absolute atomic E-state index is 15.4. The van der Waals surface area contributed by atoms with Crippen LogP contribution in [0.2, 0.25) is 0 Å². The molecule has 13 rings (SSSR count). The molecule has 8 unspecified atom stereocenters. The van der Waals surface area contributed by atoms with Gasteiger partial charge in [-0.3, -0.25) is 33.6 Å². The summed E-state index contributed by atoms with van der Waals surface area (Å²) < 4.78 is -0.475. The van der Waals surface area contributed by atoms with E-state index in [0.717, 1.165) is 66.8 Å². The van der Waals surface area contributed by atoms with Gasteiger partial charge in [0.1, 0.15) is 4.32 Å². The summed E-state index contributed by atoms with van der Waals surface area (Å²) in [5, 5.41) is 0. The molecule has 2 fully saturated rings. The average molecular weight is 1310 g/mol. The van der Waals surface area contributed by atoms with E-state index in [0.29, 0.717) is 8.96 Å². The second-order valence-electron chi connectivity index (χ2n) is 22.2. The quantitative estimate of drug-likeness (QED) is 0.120. The van der Waals surface area contributed by atoms with Crippen LogP contribution in [-0.2, 0) is 39.0 Å². The van der Waals surface area contributed by atoms with Crippen molar-refractivity contribution in [2.75, 3.05) is 0 Å². The predicted molar refractivity (Wildman–Crippen MR) is 328 cm³/mol. The van der Waals surface area contributed by atoms with Crippen molar-refractivity contribution in [1.29, 1.82) is 0 Å². The van der Waals surface area contributed by atoms with Gasteiger partial charge in [-0.05, 0) is 156 Å². The van der Waals surface area contributed by atoms with Crippen molar-refractivity contribution in [2.45, 2.75) is 51.3 Å². The molecule has 6 aromatic carbocycles. The third-order valence-electron chi connectivity index (χ3n) is 18.7. The van der Waals surface area contributed by atoms with E-state index in [1.165, 1.54) is 18.2 Å². The molecule has 11 heteroatoms. The van der Waals surface area contributed by atoms with Crippen LogP contribution in [0.3, 0.4) is 0 Å². The maximum Gasteiger partial charge on any atom is 0.194 e. The molecule has 0 saturated heterocycles. The molecule has 0 aliphatic heterocycles. The second-order valence-corrected chi connectivity index (χ2v) is 26.0. The minimum Gasteiger partial charge on any atom is -0.298 e. The van der Waals surface area contributed by atoms with Crippen LogP contribution >= 0.6 is 63.7 Å². The number of rotatable bonds is 6. The molecule has 0 aromatic heterocycles. The molecule has 0 spiro atoms. The van der Waals surface area contributed by atoms with E-state index < -0.39 is 42.7 Å². The number of allylic oxidation sites excluding steroid dienone is 12. The molecular weight excluding hydrogens is 1260 g/mol. The lowest BCUT2D eigenvalue weighted by Crippen LogP contribution is -2.56. The lowest BCUT2D eigenvalue weighted by atomic mass is 9.43. The summed E-state index contributed by atoms with van der Waals surface area (Å²) in [7, 11) is 0. The number of benzene rings is 6. The van der Waals surface area contributed by atoms with Crippen molar-refractivity contribution >= 4 is 132 Å². The lowest BCUT2D eigenvalue weighted by molar-refractivity contribution is -0.134. The number of hydrogen-bond donors (Lipinski definition) is 0. The highest BCUT2D eigenvalue weighted by atomic mass is 79.9. The number of ketones is 7. The highest BCUT2D eigenvalue weighted by Gasteiger charge is 2.88. The zero-order valence-electron chi connectivity index (χ0n) is 44.5. The van der Waals surface area contributed by atoms with Crippen LogP contribution in [-0.4, -0.2) is 44.8 Å². The van der Waals surface area contributed by atoms with Crippen molar-refractivity contribution in [1.82, 2.24) is 0 Å². The fourth-order valence-electron chi connectivity index (χ4n) is 15.6. The first-order chi connectivity index (χ1) is 38.1. The van der Waals surface area contributed by atoms with Gasteiger partial charge >= 0.3 is 0 Å². The lowest BCUT2D eigenvalue weighted by Gasteiger charge is -2.55. The van der Waals surface area contributed by atoms with Crippen LogP contribution in [0.15, 0.2) is 219 Å². The maximum atomic E-state index is 15.4. The first kappa shape index (κ1) is 55.3. The van der Waals surface area contributed by atoms with Crippen molar-refractivity contribution in [3.63, 3.8) is 0 Å². The van der Waals surface area contributed by atoms with Crippen molar-refractivity contribution in [2.24, 2.45) is 33.0 Å². The monoisotopic (exact) mass is 1310 g/mol. The standard InChI is InChI=1S/C38H32O2.C25H18Br2O3.C6H2Br2O2/c1-25-30(26-17-9-5-10-18-26)38(29-23-15-8-16-24-29)36(3)32(28-21-13-7-14-22-28)31(27-19-11-6-12-20-27)35(2,34(36)40)37(38,4)33(25)39;1-23-18(14-9-5-3-6-10-14)19(15-11-7-4-8-12-15)24(2,22(23)30)25(27)17(28)13-16(26)20(29)21(23)25;7-3-1-5(9)4(8)2-6(3)10/h5-24H,1-4H3;3-13,21H,1-2H3;1-2H. The fraction of sp³-hybridized carbons (Fsp3) is 0.203. The molecule has 0 amide bonds. The summed E-state index contributed by atoms with van der Waals surface area (Å²) >= 11 is 12.9. The van der Waals surface area contributed by atoms with Crippen LogP contribution in [0.25, 0.3) is 27.9 Å². The highest BCUT2D eigenvalue weighted by Crippen LogP contribution is 2.86. The summed E-state index contributed by atoms with van der Waals surface area (Å²) in [6, 6.07) is 60.6. The van der Waals surface area contributed by atoms with Gasteiger partial charge in [-0.15, -0.1) is 0 Å². The van der Waals surface area contributed by atoms with Gasteiger partial charge in [0.2, 0.25) is 0 Å². The Balaban J connectivity index is 0.000000148. The van der Waals surface area contributed by atoms with Crippen molar-refractivity contribution in [3.05, 3.63) is 253 Å². The smallest absolute Gasteiger partial charge is 0.194 e. The van der Waals surface area contributed by atoms with Crippen LogP contribution in [0.4, 0.5) is 0 Å². The summed E-state index contributed by atoms with van der Waals surface area (Å²) in [5.41, 5.74) is 4.92. The third kappa shape index (κ3) is 6.96. The third-order valence-corrected chi connectivity index (χ3v) is 22.2. The number of hydrogen-bond acceptors (Lipinski definition) is 7. The SMILES string of the molecule is CC12C(=O)C(C)(C(c3ccccc3)=C1c1ccccc1)C1(Br)C(=O)C=C(Br)C(=O)C21.CC1=C(c2ccccc2)C2(c3ccccc3)C3(C)C(=O)C(C)(C(c4ccccc4)=C3c3ccccc3)C2(C)C1=O.O=C1C=C(Br)C(=O)C=C1Br. The van der Waals surface area contributed by atoms with E-state index >= 15 is 4.79 Å². The molecule has 2 saturated carbocycles. The second kappa shape index (κ2) is 19.5. The Hall–Kier alpha value is -6.63. The van der Waals surface area contributed by atoms with Crippen LogP contribution < -0.4 is 0 Å². The van der Waals surface area contributed by atoms with Crippen LogP contribution in [0, 0.1) is 33.0 Å². The van der Waals surface area contributed by atoms with Crippen molar-refractivity contribution < 1.29 is 33.6 Å². The molecule has 0 radical (unpaired) electrons. The summed E-state index contributed by atoms with van der Waals surface area (Å²) in [6.45, 7) is 11.9. The molecule has 7 aliphatic carbocycles. The molecule has 4 bridgehead atoms. The van der Waals surface area contributed by atoms with E-state index in [2.05, 4.69) is 133 Å². The fourth-order valence-corrected chi connectivity index (χ4v) is 17.8. The number of alkyl halides is 1. The van der Waals surface area contributed by atoms with Gasteiger partial charge in [0, 0.05) is 18.2 Å². The van der Waals surface area contributed by atoms with E-state index in [4.69, 9.17) is 0 Å². The molecule has 6 aromatic rings. The predicted octanol–water partition coefficient (Wildman–Crippen LogP) is 15.3. The Morgan fingerprint density at radius 3 is 1.15 bits per heavy atom. The van der Waals surface area contributed by atoms with Gasteiger partial charge < -0.3 is 0 Å². The Morgan fingerprint density at radius 2 is 0.738 bits per heavy atom. The minimum absolute atomic E-state index is 0.0651. The van der Waals surface area contributed by atoms with E-state index in [1.54, 1.807) is 0 Å². The summed E-state index contributed by atoms with van der Waals surface area (Å²) in [5.74, 6) is -1.57. The Morgan fingerprint density at radius 1 is 0.388 bits per heavy atom. The molecule has 8 atom stereocenters. The number of carbonyl (C=O) groups excluding carboxylic acids is 7. The summed E-state index contributed by atoms with van der Waals surface area (Å²) in [6.07, 6.45) is 3.81. The normalized spacial score (nSPS) is 30.9. The first-order valence-electron chi connectivity index (χ1n) is 26.2. The Bertz CT molecular complexity index is 3890. The molecule has 398 valence electrons. The number of fused-ring (bicyclic) bond motifs is 10. The number of Topliss-reactive ketones (excluding diaryl/α,β-unsaturated/α-hetero) is 4. The van der Waals surface area contributed by atoms with Gasteiger partial charge in [0.15, 0.2) is 40.5 Å². The molecular formula is C69H52Br4O7. The van der Waals surface area contributed by atoms with E-state index in [-0.39, 0.29) is 45.0 Å². The number of carbonyl (C=O) groups is 7. The van der Waals surface area contributed by atoms with Gasteiger partial charge in [-0.2, -0.15) is 0 Å². The van der Waals surface area contributed by atoms with Gasteiger partial charge in [0.25, 0.3) is 0 Å². The minimum atomic E-state index is -1.32. The van der Waals surface area contributed by atoms with Crippen LogP contribution in [0.1, 0.15) is 74.9 Å². The van der Waals surface area contributed by atoms with Gasteiger partial charge in [-0.1, -0.05) is 198 Å². The van der Waals surface area contributed by atoms with Crippen molar-refractivity contribution in [3.8, 4) is 0 Å². The van der Waals surface area contributed by atoms with Gasteiger partial charge in [0.05, 0.1) is 51.9 Å². The van der Waals surface area contributed by atoms with Crippen LogP contribution in [0.5, 0.6) is 0 Å².